The number of pyridine rings is 1. The molecule has 1 atom stereocenters. The molecule has 2 aliphatic rings. The summed E-state index contributed by atoms with van der Waals surface area (Å²) in [5.74, 6) is -0.105. The van der Waals surface area contributed by atoms with Gasteiger partial charge in [-0.2, -0.15) is 4.98 Å². The molecule has 7 rings (SSSR count). The van der Waals surface area contributed by atoms with E-state index in [0.717, 1.165) is 24.3 Å². The number of nitrogens with zero attached hydrogens (tertiary/aromatic N) is 6. The quantitative estimate of drug-likeness (QED) is 0.341. The smallest absolute Gasteiger partial charge is 0.213 e. The highest BCUT2D eigenvalue weighted by molar-refractivity contribution is 7.15. The second kappa shape index (κ2) is 8.60. The minimum absolute atomic E-state index is 0.0753. The minimum Gasteiger partial charge on any atom is -0.487 e. The van der Waals surface area contributed by atoms with E-state index in [4.69, 9.17) is 4.74 Å². The van der Waals surface area contributed by atoms with Crippen molar-refractivity contribution in [1.29, 1.82) is 0 Å². The third kappa shape index (κ3) is 3.52. The fourth-order valence-electron chi connectivity index (χ4n) is 5.31. The normalized spacial score (nSPS) is 17.9. The summed E-state index contributed by atoms with van der Waals surface area (Å²) in [7, 11) is 2.05. The Morgan fingerprint density at radius 3 is 2.63 bits per heavy atom. The molecule has 2 aromatic carbocycles. The second-order valence-corrected chi connectivity index (χ2v) is 10.8. The van der Waals surface area contributed by atoms with Gasteiger partial charge in [0.15, 0.2) is 17.4 Å². The second-order valence-electron chi connectivity index (χ2n) is 9.92. The van der Waals surface area contributed by atoms with E-state index in [1.54, 1.807) is 22.8 Å². The van der Waals surface area contributed by atoms with Gasteiger partial charge in [0.2, 0.25) is 10.4 Å². The van der Waals surface area contributed by atoms with Crippen LogP contribution in [0.25, 0.3) is 38.5 Å². The first-order chi connectivity index (χ1) is 18.4. The zero-order valence-corrected chi connectivity index (χ0v) is 21.6. The van der Waals surface area contributed by atoms with E-state index in [1.807, 2.05) is 28.8 Å². The molecule has 0 radical (unpaired) electrons. The highest BCUT2D eigenvalue weighted by atomic mass is 32.1. The van der Waals surface area contributed by atoms with Gasteiger partial charge in [0, 0.05) is 43.3 Å². The van der Waals surface area contributed by atoms with Crippen molar-refractivity contribution < 1.29 is 13.5 Å². The summed E-state index contributed by atoms with van der Waals surface area (Å²) < 4.78 is 38.8. The number of halogens is 2. The maximum absolute atomic E-state index is 15.7. The van der Waals surface area contributed by atoms with Gasteiger partial charge in [-0.15, -0.1) is 16.4 Å². The Hall–Kier alpha value is -3.83. The van der Waals surface area contributed by atoms with E-state index in [9.17, 15) is 9.18 Å². The highest BCUT2D eigenvalue weighted by Gasteiger charge is 2.31. The Morgan fingerprint density at radius 1 is 1.11 bits per heavy atom. The first-order valence-electron chi connectivity index (χ1n) is 12.5. The fraction of sp³-hybridized carbons (Fsp3) is 0.296. The van der Waals surface area contributed by atoms with E-state index >= 15 is 4.39 Å². The Bertz CT molecular complexity index is 1770. The van der Waals surface area contributed by atoms with Crippen LogP contribution in [0.4, 0.5) is 14.5 Å². The molecule has 5 heterocycles. The molecule has 1 unspecified atom stereocenters. The minimum atomic E-state index is -0.468. The molecule has 0 bridgehead atoms. The molecule has 0 N–H and O–H groups in total. The third-order valence-corrected chi connectivity index (χ3v) is 8.24. The standard InChI is InChI=1S/C27H24F2N6O2S/c1-15-13-37-25-22-18(11-20(29)23(25)33-9-7-32(2)8-10-33)24(36)19(12-34(15)22)26-30-27-35(31-26)21(14-38-27)16-3-5-17(28)6-4-16/h3-6,11-12,14-15H,7-10,13H2,1-2H3. The zero-order valence-electron chi connectivity index (χ0n) is 20.8. The summed E-state index contributed by atoms with van der Waals surface area (Å²) in [5, 5.41) is 6.78. The van der Waals surface area contributed by atoms with Gasteiger partial charge < -0.3 is 19.1 Å². The van der Waals surface area contributed by atoms with Gasteiger partial charge in [-0.1, -0.05) is 0 Å². The topological polar surface area (TPSA) is 67.9 Å². The van der Waals surface area contributed by atoms with Crippen molar-refractivity contribution in [1.82, 2.24) is 24.1 Å². The number of anilines is 1. The van der Waals surface area contributed by atoms with Crippen LogP contribution in [0.15, 0.2) is 46.7 Å². The van der Waals surface area contributed by atoms with Crippen LogP contribution in [0.2, 0.25) is 0 Å². The van der Waals surface area contributed by atoms with Crippen LogP contribution >= 0.6 is 11.3 Å². The Morgan fingerprint density at radius 2 is 1.87 bits per heavy atom. The van der Waals surface area contributed by atoms with E-state index in [0.29, 0.717) is 47.2 Å². The molecule has 0 saturated carbocycles. The lowest BCUT2D eigenvalue weighted by atomic mass is 10.0. The number of piperazine rings is 1. The van der Waals surface area contributed by atoms with E-state index in [-0.39, 0.29) is 28.5 Å². The van der Waals surface area contributed by atoms with Crippen LogP contribution in [-0.2, 0) is 0 Å². The van der Waals surface area contributed by atoms with Crippen molar-refractivity contribution in [3.05, 3.63) is 63.8 Å². The molecule has 0 amide bonds. The Balaban J connectivity index is 1.40. The molecule has 0 aliphatic carbocycles. The van der Waals surface area contributed by atoms with Gasteiger partial charge >= 0.3 is 0 Å². The van der Waals surface area contributed by atoms with E-state index in [2.05, 4.69) is 15.0 Å². The number of likely N-dealkylation sites (N-methyl/N-ethyl adjacent to an activating group) is 1. The number of fused-ring (bicyclic) bond motifs is 1. The van der Waals surface area contributed by atoms with Crippen molar-refractivity contribution in [2.45, 2.75) is 13.0 Å². The first kappa shape index (κ1) is 23.3. The van der Waals surface area contributed by atoms with Gasteiger partial charge in [0.25, 0.3) is 0 Å². The first-order valence-corrected chi connectivity index (χ1v) is 13.3. The van der Waals surface area contributed by atoms with Crippen LogP contribution in [0, 0.1) is 11.6 Å². The molecule has 11 heteroatoms. The van der Waals surface area contributed by atoms with Gasteiger partial charge in [0.1, 0.15) is 18.1 Å². The molecule has 38 heavy (non-hydrogen) atoms. The number of rotatable bonds is 3. The van der Waals surface area contributed by atoms with Crippen LogP contribution in [0.3, 0.4) is 0 Å². The van der Waals surface area contributed by atoms with Gasteiger partial charge in [-0.25, -0.2) is 13.3 Å². The zero-order chi connectivity index (χ0) is 26.1. The van der Waals surface area contributed by atoms with Crippen molar-refractivity contribution in [2.75, 3.05) is 44.7 Å². The highest BCUT2D eigenvalue weighted by Crippen LogP contribution is 2.42. The number of ether oxygens (including phenoxy) is 1. The molecule has 1 saturated heterocycles. The lowest BCUT2D eigenvalue weighted by Crippen LogP contribution is -2.45. The summed E-state index contributed by atoms with van der Waals surface area (Å²) in [6.45, 7) is 5.36. The molecule has 1 fully saturated rings. The SMILES string of the molecule is CC1COc2c(N3CCN(C)CC3)c(F)cc3c(=O)c(-c4nc5scc(-c6ccc(F)cc6)n5n4)cn1c23. The fourth-order valence-corrected chi connectivity index (χ4v) is 6.14. The molecular formula is C27H24F2N6O2S. The average molecular weight is 535 g/mol. The Labute approximate surface area is 220 Å². The number of benzene rings is 2. The monoisotopic (exact) mass is 534 g/mol. The van der Waals surface area contributed by atoms with Crippen LogP contribution in [0.5, 0.6) is 5.75 Å². The maximum atomic E-state index is 15.7. The molecular weight excluding hydrogens is 510 g/mol. The van der Waals surface area contributed by atoms with Crippen molar-refractivity contribution in [3.8, 4) is 28.4 Å². The van der Waals surface area contributed by atoms with Crippen molar-refractivity contribution >= 4 is 32.9 Å². The van der Waals surface area contributed by atoms with Gasteiger partial charge in [0.05, 0.1) is 28.2 Å². The molecule has 0 spiro atoms. The molecule has 5 aromatic rings. The van der Waals surface area contributed by atoms with Gasteiger partial charge in [-0.05, 0) is 44.3 Å². The van der Waals surface area contributed by atoms with Crippen LogP contribution in [0.1, 0.15) is 13.0 Å². The summed E-state index contributed by atoms with van der Waals surface area (Å²) >= 11 is 1.38. The number of hydrogen-bond acceptors (Lipinski definition) is 7. The number of hydrogen-bond donors (Lipinski definition) is 0. The van der Waals surface area contributed by atoms with Gasteiger partial charge in [-0.3, -0.25) is 4.79 Å². The number of thiazole rings is 1. The molecule has 8 nitrogen and oxygen atoms in total. The Kier molecular flexibility index (Phi) is 5.27. The summed E-state index contributed by atoms with van der Waals surface area (Å²) in [6, 6.07) is 7.40. The predicted octanol–water partition coefficient (Wildman–Crippen LogP) is 4.42. The molecule has 3 aromatic heterocycles. The predicted molar refractivity (Wildman–Crippen MR) is 143 cm³/mol. The van der Waals surface area contributed by atoms with Crippen molar-refractivity contribution in [2.24, 2.45) is 0 Å². The summed E-state index contributed by atoms with van der Waals surface area (Å²) in [5.41, 5.74) is 2.50. The third-order valence-electron chi connectivity index (χ3n) is 7.42. The average Bonchev–Trinajstić information content (AvgIpc) is 3.50. The largest absolute Gasteiger partial charge is 0.487 e. The number of aromatic nitrogens is 4. The molecule has 194 valence electrons. The lowest BCUT2D eigenvalue weighted by molar-refractivity contribution is 0.245. The van der Waals surface area contributed by atoms with E-state index in [1.165, 1.54) is 29.5 Å². The summed E-state index contributed by atoms with van der Waals surface area (Å²) in [6.07, 6.45) is 1.77. The van der Waals surface area contributed by atoms with Crippen LogP contribution in [-0.4, -0.2) is 63.9 Å². The van der Waals surface area contributed by atoms with Crippen LogP contribution < -0.4 is 15.1 Å². The summed E-state index contributed by atoms with van der Waals surface area (Å²) in [4.78, 5) is 23.2. The van der Waals surface area contributed by atoms with Crippen molar-refractivity contribution in [3.63, 3.8) is 0 Å². The maximum Gasteiger partial charge on any atom is 0.213 e. The lowest BCUT2D eigenvalue weighted by Gasteiger charge is -2.37. The van der Waals surface area contributed by atoms with E-state index < -0.39 is 5.82 Å². The molecule has 2 aliphatic heterocycles.